The van der Waals surface area contributed by atoms with E-state index in [9.17, 15) is 0 Å². The average molecular weight is 390 g/mol. The van der Waals surface area contributed by atoms with Crippen LogP contribution >= 0.6 is 0 Å². The van der Waals surface area contributed by atoms with Crippen molar-refractivity contribution in [3.05, 3.63) is 18.0 Å². The van der Waals surface area contributed by atoms with E-state index in [4.69, 9.17) is 0 Å². The first-order valence-corrected chi connectivity index (χ1v) is 10.9. The van der Waals surface area contributed by atoms with Crippen LogP contribution in [0.2, 0.25) is 0 Å². The van der Waals surface area contributed by atoms with Gasteiger partial charge in [0, 0.05) is 57.6 Å². The summed E-state index contributed by atoms with van der Waals surface area (Å²) in [5.74, 6) is 0.909. The topological polar surface area (TPSA) is 60.7 Å². The van der Waals surface area contributed by atoms with Gasteiger partial charge in [-0.1, -0.05) is 19.3 Å². The Kier molecular flexibility index (Phi) is 7.73. The molecule has 1 unspecified atom stereocenters. The number of likely N-dealkylation sites (tertiary alicyclic amines) is 1. The Hall–Kier alpha value is -1.60. The van der Waals surface area contributed by atoms with Gasteiger partial charge in [0.15, 0.2) is 5.96 Å². The van der Waals surface area contributed by atoms with Crippen LogP contribution in [0.4, 0.5) is 0 Å². The molecule has 7 heteroatoms. The smallest absolute Gasteiger partial charge is 0.191 e. The third-order valence-electron chi connectivity index (χ3n) is 6.38. The van der Waals surface area contributed by atoms with Crippen molar-refractivity contribution in [3.8, 4) is 0 Å². The summed E-state index contributed by atoms with van der Waals surface area (Å²) in [6.07, 6.45) is 13.5. The summed E-state index contributed by atoms with van der Waals surface area (Å²) in [4.78, 5) is 9.42. The molecule has 2 fully saturated rings. The van der Waals surface area contributed by atoms with Crippen molar-refractivity contribution < 1.29 is 0 Å². The van der Waals surface area contributed by atoms with Crippen LogP contribution in [0.1, 0.15) is 56.6 Å². The third kappa shape index (κ3) is 5.70. The number of likely N-dealkylation sites (N-methyl/N-ethyl adjacent to an activating group) is 1. The van der Waals surface area contributed by atoms with Crippen LogP contribution in [0, 0.1) is 0 Å². The van der Waals surface area contributed by atoms with Gasteiger partial charge in [0.2, 0.25) is 0 Å². The molecule has 0 radical (unpaired) electrons. The fourth-order valence-corrected chi connectivity index (χ4v) is 4.65. The fourth-order valence-electron chi connectivity index (χ4n) is 4.65. The molecular weight excluding hydrogens is 350 g/mol. The van der Waals surface area contributed by atoms with Gasteiger partial charge in [0.1, 0.15) is 0 Å². The monoisotopic (exact) mass is 389 g/mol. The maximum absolute atomic E-state index is 4.46. The lowest BCUT2D eigenvalue weighted by Gasteiger charge is -2.39. The fraction of sp³-hybridized carbons (Fsp3) is 0.810. The molecule has 0 aromatic carbocycles. The van der Waals surface area contributed by atoms with Gasteiger partial charge in [-0.05, 0) is 39.8 Å². The van der Waals surface area contributed by atoms with Gasteiger partial charge < -0.3 is 20.4 Å². The molecule has 3 rings (SSSR count). The Bertz CT molecular complexity index is 610. The van der Waals surface area contributed by atoms with E-state index in [-0.39, 0.29) is 6.04 Å². The second-order valence-electron chi connectivity index (χ2n) is 8.63. The lowest BCUT2D eigenvalue weighted by molar-refractivity contribution is 0.119. The van der Waals surface area contributed by atoms with Crippen LogP contribution < -0.4 is 10.6 Å². The summed E-state index contributed by atoms with van der Waals surface area (Å²) in [6, 6.07) is 1.62. The molecule has 2 heterocycles. The molecule has 1 atom stereocenters. The molecule has 2 aliphatic rings. The van der Waals surface area contributed by atoms with Gasteiger partial charge in [-0.25, -0.2) is 0 Å². The van der Waals surface area contributed by atoms with E-state index in [0.29, 0.717) is 6.04 Å². The van der Waals surface area contributed by atoms with Gasteiger partial charge in [0.05, 0.1) is 12.2 Å². The van der Waals surface area contributed by atoms with Gasteiger partial charge in [0.25, 0.3) is 0 Å². The molecule has 28 heavy (non-hydrogen) atoms. The lowest BCUT2D eigenvalue weighted by atomic mass is 9.92. The first-order chi connectivity index (χ1) is 13.6. The van der Waals surface area contributed by atoms with Crippen molar-refractivity contribution in [1.29, 1.82) is 0 Å². The van der Waals surface area contributed by atoms with Gasteiger partial charge in [-0.3, -0.25) is 9.67 Å². The highest BCUT2D eigenvalue weighted by atomic mass is 15.3. The van der Waals surface area contributed by atoms with Crippen LogP contribution in [0.15, 0.2) is 17.4 Å². The van der Waals surface area contributed by atoms with Gasteiger partial charge in [-0.15, -0.1) is 0 Å². The molecule has 2 N–H and O–H groups in total. The first-order valence-electron chi connectivity index (χ1n) is 10.9. The molecular formula is C21H39N7. The van der Waals surface area contributed by atoms with Crippen LogP contribution in [-0.4, -0.2) is 78.4 Å². The third-order valence-corrected chi connectivity index (χ3v) is 6.38. The molecule has 0 spiro atoms. The molecule has 1 aromatic rings. The van der Waals surface area contributed by atoms with Crippen molar-refractivity contribution >= 4 is 5.96 Å². The molecule has 0 bridgehead atoms. The van der Waals surface area contributed by atoms with E-state index < -0.39 is 0 Å². The van der Waals surface area contributed by atoms with Gasteiger partial charge >= 0.3 is 0 Å². The molecule has 1 saturated heterocycles. The maximum Gasteiger partial charge on any atom is 0.191 e. The number of hydrogen-bond acceptors (Lipinski definition) is 4. The quantitative estimate of drug-likeness (QED) is 0.576. The second kappa shape index (κ2) is 10.3. The average Bonchev–Trinajstić information content (AvgIpc) is 3.14. The second-order valence-corrected chi connectivity index (χ2v) is 8.63. The van der Waals surface area contributed by atoms with Crippen LogP contribution in [-0.2, 0) is 7.05 Å². The molecule has 7 nitrogen and oxygen atoms in total. The minimum Gasteiger partial charge on any atom is -0.354 e. The summed E-state index contributed by atoms with van der Waals surface area (Å²) < 4.78 is 1.86. The molecule has 1 aliphatic carbocycles. The zero-order valence-electron chi connectivity index (χ0n) is 18.2. The highest BCUT2D eigenvalue weighted by Gasteiger charge is 2.26. The highest BCUT2D eigenvalue weighted by molar-refractivity contribution is 5.80. The summed E-state index contributed by atoms with van der Waals surface area (Å²) in [7, 11) is 8.04. The van der Waals surface area contributed by atoms with E-state index in [0.717, 1.165) is 18.5 Å². The van der Waals surface area contributed by atoms with Crippen molar-refractivity contribution in [2.75, 3.05) is 40.8 Å². The molecule has 0 amide bonds. The number of hydrogen-bond donors (Lipinski definition) is 2. The predicted octanol–water partition coefficient (Wildman–Crippen LogP) is 1.98. The number of nitrogens with one attached hydrogen (secondary N) is 2. The minimum atomic E-state index is 0.264. The largest absolute Gasteiger partial charge is 0.354 e. The standard InChI is InChI=1S/C21H39N7/c1-22-21(23-15-20(26(2)3)17-14-24-27(4)16-17)25-18-10-12-28(13-11-18)19-8-6-5-7-9-19/h14,16,18-20H,5-13,15H2,1-4H3,(H2,22,23,25). The van der Waals surface area contributed by atoms with Crippen LogP contribution in [0.5, 0.6) is 0 Å². The highest BCUT2D eigenvalue weighted by Crippen LogP contribution is 2.25. The minimum absolute atomic E-state index is 0.264. The molecule has 158 valence electrons. The Morgan fingerprint density at radius 3 is 2.50 bits per heavy atom. The number of aliphatic imine (C=N–C) groups is 1. The summed E-state index contributed by atoms with van der Waals surface area (Å²) in [6.45, 7) is 3.24. The van der Waals surface area contributed by atoms with E-state index >= 15 is 0 Å². The number of aryl methyl sites for hydroxylation is 1. The zero-order valence-corrected chi connectivity index (χ0v) is 18.2. The number of rotatable bonds is 6. The lowest BCUT2D eigenvalue weighted by Crippen LogP contribution is -2.51. The SMILES string of the molecule is CN=C(NCC(c1cnn(C)c1)N(C)C)NC1CCN(C2CCCCC2)CC1. The van der Waals surface area contributed by atoms with Crippen molar-refractivity contribution in [2.45, 2.75) is 63.1 Å². The normalized spacial score (nSPS) is 21.8. The van der Waals surface area contributed by atoms with Crippen molar-refractivity contribution in [1.82, 2.24) is 30.2 Å². The number of aromatic nitrogens is 2. The molecule has 1 aromatic heterocycles. The molecule has 1 saturated carbocycles. The van der Waals surface area contributed by atoms with E-state index in [1.165, 1.54) is 63.6 Å². The summed E-state index contributed by atoms with van der Waals surface area (Å²) in [5.41, 5.74) is 1.22. The summed E-state index contributed by atoms with van der Waals surface area (Å²) >= 11 is 0. The zero-order chi connectivity index (χ0) is 19.9. The Labute approximate surface area is 170 Å². The van der Waals surface area contributed by atoms with E-state index in [1.807, 2.05) is 25.0 Å². The van der Waals surface area contributed by atoms with Crippen molar-refractivity contribution in [3.63, 3.8) is 0 Å². The summed E-state index contributed by atoms with van der Waals surface area (Å²) in [5, 5.41) is 11.5. The van der Waals surface area contributed by atoms with Crippen LogP contribution in [0.25, 0.3) is 0 Å². The Morgan fingerprint density at radius 2 is 1.93 bits per heavy atom. The number of piperidine rings is 1. The van der Waals surface area contributed by atoms with E-state index in [1.54, 1.807) is 0 Å². The Morgan fingerprint density at radius 1 is 1.21 bits per heavy atom. The number of guanidine groups is 1. The number of nitrogens with zero attached hydrogens (tertiary/aromatic N) is 5. The predicted molar refractivity (Wildman–Crippen MR) is 116 cm³/mol. The van der Waals surface area contributed by atoms with E-state index in [2.05, 4.69) is 50.8 Å². The van der Waals surface area contributed by atoms with Crippen molar-refractivity contribution in [2.24, 2.45) is 12.0 Å². The maximum atomic E-state index is 4.46. The van der Waals surface area contributed by atoms with Crippen LogP contribution in [0.3, 0.4) is 0 Å². The Balaban J connectivity index is 1.45. The first kappa shape index (κ1) is 21.1. The van der Waals surface area contributed by atoms with Gasteiger partial charge in [-0.2, -0.15) is 5.10 Å². The molecule has 1 aliphatic heterocycles.